The van der Waals surface area contributed by atoms with Gasteiger partial charge in [-0.05, 0) is 30.5 Å². The normalized spacial score (nSPS) is 21.1. The van der Waals surface area contributed by atoms with Gasteiger partial charge in [0.05, 0.1) is 11.5 Å². The Labute approximate surface area is 115 Å². The Bertz CT molecular complexity index is 753. The lowest BCUT2D eigenvalue weighted by molar-refractivity contribution is -0.116. The summed E-state index contributed by atoms with van der Waals surface area (Å²) in [5.74, 6) is 0.0595. The third-order valence-corrected chi connectivity index (χ3v) is 5.24. The number of hydrogen-bond acceptors (Lipinski definition) is 5. The Morgan fingerprint density at radius 3 is 2.90 bits per heavy atom. The first kappa shape index (κ1) is 13.0. The second kappa shape index (κ2) is 4.86. The van der Waals surface area contributed by atoms with E-state index in [9.17, 15) is 13.2 Å². The zero-order chi connectivity index (χ0) is 14.2. The van der Waals surface area contributed by atoms with Gasteiger partial charge in [-0.25, -0.2) is 8.42 Å². The van der Waals surface area contributed by atoms with Crippen LogP contribution in [-0.2, 0) is 14.6 Å². The number of fused-ring (bicyclic) bond motifs is 1. The van der Waals surface area contributed by atoms with Crippen LogP contribution in [0.25, 0.3) is 11.0 Å². The minimum atomic E-state index is -2.94. The molecule has 20 heavy (non-hydrogen) atoms. The molecule has 0 spiro atoms. The molecule has 8 heteroatoms. The van der Waals surface area contributed by atoms with Gasteiger partial charge in [0.25, 0.3) is 0 Å². The second-order valence-corrected chi connectivity index (χ2v) is 7.28. The average molecular weight is 294 g/mol. The van der Waals surface area contributed by atoms with Gasteiger partial charge in [-0.15, -0.1) is 0 Å². The van der Waals surface area contributed by atoms with Crippen LogP contribution in [-0.4, -0.2) is 41.2 Å². The number of hydrogen-bond donors (Lipinski definition) is 2. The molecule has 1 saturated heterocycles. The number of nitrogens with zero attached hydrogens (tertiary/aromatic N) is 2. The summed E-state index contributed by atoms with van der Waals surface area (Å²) in [6, 6.07) is 5.23. The molecule has 1 fully saturated rings. The van der Waals surface area contributed by atoms with Crippen LogP contribution in [0.15, 0.2) is 18.2 Å². The Kier molecular flexibility index (Phi) is 3.17. The zero-order valence-corrected chi connectivity index (χ0v) is 11.5. The highest BCUT2D eigenvalue weighted by Gasteiger charge is 2.29. The SMILES string of the molecule is O=C(CC1CCS(=O)(=O)C1)Nc1ccc2n[nH]nc2c1. The number of aromatic amines is 1. The highest BCUT2D eigenvalue weighted by molar-refractivity contribution is 7.91. The number of carbonyl (C=O) groups is 1. The van der Waals surface area contributed by atoms with Crippen molar-refractivity contribution in [1.82, 2.24) is 15.4 Å². The molecule has 0 aliphatic carbocycles. The van der Waals surface area contributed by atoms with Gasteiger partial charge in [0.15, 0.2) is 9.84 Å². The summed E-state index contributed by atoms with van der Waals surface area (Å²) in [5.41, 5.74) is 2.04. The molecular formula is C12H14N4O3S. The smallest absolute Gasteiger partial charge is 0.224 e. The van der Waals surface area contributed by atoms with Crippen LogP contribution < -0.4 is 5.32 Å². The molecule has 2 aromatic rings. The maximum Gasteiger partial charge on any atom is 0.224 e. The van der Waals surface area contributed by atoms with Crippen molar-refractivity contribution in [2.24, 2.45) is 5.92 Å². The summed E-state index contributed by atoms with van der Waals surface area (Å²) in [6.07, 6.45) is 0.800. The maximum absolute atomic E-state index is 11.9. The molecule has 1 aromatic heterocycles. The number of aromatic nitrogens is 3. The third-order valence-electron chi connectivity index (χ3n) is 3.40. The number of anilines is 1. The fraction of sp³-hybridized carbons (Fsp3) is 0.417. The first-order valence-electron chi connectivity index (χ1n) is 6.33. The Hall–Kier alpha value is -1.96. The van der Waals surface area contributed by atoms with Crippen molar-refractivity contribution in [1.29, 1.82) is 0 Å². The van der Waals surface area contributed by atoms with Gasteiger partial charge in [-0.1, -0.05) is 0 Å². The fourth-order valence-corrected chi connectivity index (χ4v) is 4.29. The summed E-state index contributed by atoms with van der Waals surface area (Å²) < 4.78 is 22.7. The molecule has 2 N–H and O–H groups in total. The standard InChI is InChI=1S/C12H14N4O3S/c17-12(5-8-3-4-20(18,19)7-8)13-9-1-2-10-11(6-9)15-16-14-10/h1-2,6,8H,3-5,7H2,(H,13,17)(H,14,15,16). The molecule has 7 nitrogen and oxygen atoms in total. The third kappa shape index (κ3) is 2.79. The van der Waals surface area contributed by atoms with Gasteiger partial charge in [0, 0.05) is 12.1 Å². The van der Waals surface area contributed by atoms with E-state index >= 15 is 0 Å². The van der Waals surface area contributed by atoms with Crippen molar-refractivity contribution in [3.8, 4) is 0 Å². The summed E-state index contributed by atoms with van der Waals surface area (Å²) in [7, 11) is -2.94. The first-order valence-corrected chi connectivity index (χ1v) is 8.15. The Balaban J connectivity index is 1.64. The van der Waals surface area contributed by atoms with E-state index in [-0.39, 0.29) is 29.8 Å². The predicted molar refractivity (Wildman–Crippen MR) is 73.9 cm³/mol. The summed E-state index contributed by atoms with van der Waals surface area (Å²) in [4.78, 5) is 11.9. The number of benzene rings is 1. The molecule has 1 aromatic carbocycles. The van der Waals surface area contributed by atoms with Crippen LogP contribution in [0.1, 0.15) is 12.8 Å². The lowest BCUT2D eigenvalue weighted by Gasteiger charge is -2.08. The van der Waals surface area contributed by atoms with Crippen molar-refractivity contribution >= 4 is 32.5 Å². The lowest BCUT2D eigenvalue weighted by atomic mass is 10.1. The van der Waals surface area contributed by atoms with Crippen LogP contribution in [0, 0.1) is 5.92 Å². The van der Waals surface area contributed by atoms with E-state index in [0.717, 1.165) is 5.52 Å². The van der Waals surface area contributed by atoms with Crippen molar-refractivity contribution in [2.45, 2.75) is 12.8 Å². The lowest BCUT2D eigenvalue weighted by Crippen LogP contribution is -2.17. The van der Waals surface area contributed by atoms with Crippen LogP contribution >= 0.6 is 0 Å². The molecule has 3 rings (SSSR count). The molecule has 1 aliphatic heterocycles. The number of H-pyrrole nitrogens is 1. The number of nitrogens with one attached hydrogen (secondary N) is 2. The molecule has 0 saturated carbocycles. The van der Waals surface area contributed by atoms with Gasteiger partial charge >= 0.3 is 0 Å². The zero-order valence-electron chi connectivity index (χ0n) is 10.7. The molecule has 1 unspecified atom stereocenters. The Morgan fingerprint density at radius 2 is 2.15 bits per heavy atom. The highest BCUT2D eigenvalue weighted by Crippen LogP contribution is 2.22. The molecule has 0 bridgehead atoms. The van der Waals surface area contributed by atoms with Crippen molar-refractivity contribution in [3.05, 3.63) is 18.2 Å². The number of amides is 1. The quantitative estimate of drug-likeness (QED) is 0.868. The van der Waals surface area contributed by atoms with Crippen LogP contribution in [0.3, 0.4) is 0 Å². The molecule has 2 heterocycles. The molecule has 1 amide bonds. The molecule has 1 atom stereocenters. The highest BCUT2D eigenvalue weighted by atomic mass is 32.2. The average Bonchev–Trinajstić information content (AvgIpc) is 2.95. The predicted octanol–water partition coefficient (Wildman–Crippen LogP) is 0.721. The van der Waals surface area contributed by atoms with Crippen LogP contribution in [0.5, 0.6) is 0 Å². The van der Waals surface area contributed by atoms with Crippen LogP contribution in [0.4, 0.5) is 5.69 Å². The molecular weight excluding hydrogens is 280 g/mol. The van der Waals surface area contributed by atoms with E-state index in [2.05, 4.69) is 20.7 Å². The Morgan fingerprint density at radius 1 is 1.35 bits per heavy atom. The minimum Gasteiger partial charge on any atom is -0.326 e. The monoisotopic (exact) mass is 294 g/mol. The van der Waals surface area contributed by atoms with Gasteiger partial charge in [0.2, 0.25) is 5.91 Å². The van der Waals surface area contributed by atoms with Crippen molar-refractivity contribution < 1.29 is 13.2 Å². The summed E-state index contributed by atoms with van der Waals surface area (Å²) in [5, 5.41) is 13.1. The van der Waals surface area contributed by atoms with E-state index < -0.39 is 9.84 Å². The second-order valence-electron chi connectivity index (χ2n) is 5.05. The number of rotatable bonds is 3. The molecule has 0 radical (unpaired) electrons. The van der Waals surface area contributed by atoms with E-state index in [1.807, 2.05) is 0 Å². The van der Waals surface area contributed by atoms with E-state index in [0.29, 0.717) is 17.6 Å². The van der Waals surface area contributed by atoms with Crippen molar-refractivity contribution in [3.63, 3.8) is 0 Å². The first-order chi connectivity index (χ1) is 9.52. The topological polar surface area (TPSA) is 105 Å². The van der Waals surface area contributed by atoms with Crippen LogP contribution in [0.2, 0.25) is 0 Å². The van der Waals surface area contributed by atoms with E-state index in [4.69, 9.17) is 0 Å². The van der Waals surface area contributed by atoms with E-state index in [1.54, 1.807) is 18.2 Å². The van der Waals surface area contributed by atoms with Crippen molar-refractivity contribution in [2.75, 3.05) is 16.8 Å². The van der Waals surface area contributed by atoms with Gasteiger partial charge in [-0.2, -0.15) is 15.4 Å². The number of carbonyl (C=O) groups excluding carboxylic acids is 1. The maximum atomic E-state index is 11.9. The van der Waals surface area contributed by atoms with Gasteiger partial charge in [0.1, 0.15) is 11.0 Å². The summed E-state index contributed by atoms with van der Waals surface area (Å²) in [6.45, 7) is 0. The van der Waals surface area contributed by atoms with Gasteiger partial charge in [-0.3, -0.25) is 4.79 Å². The molecule has 106 valence electrons. The van der Waals surface area contributed by atoms with Gasteiger partial charge < -0.3 is 5.32 Å². The minimum absolute atomic E-state index is 0.0734. The largest absolute Gasteiger partial charge is 0.326 e. The molecule has 1 aliphatic rings. The fourth-order valence-electron chi connectivity index (χ4n) is 2.43. The van der Waals surface area contributed by atoms with E-state index in [1.165, 1.54) is 0 Å². The summed E-state index contributed by atoms with van der Waals surface area (Å²) >= 11 is 0. The number of sulfone groups is 1.